The Morgan fingerprint density at radius 2 is 1.70 bits per heavy atom. The van der Waals surface area contributed by atoms with Crippen molar-refractivity contribution in [3.8, 4) is 0 Å². The predicted molar refractivity (Wildman–Crippen MR) is 106 cm³/mol. The molecule has 2 N–H and O–H groups in total. The summed E-state index contributed by atoms with van der Waals surface area (Å²) in [4.78, 5) is 27.7. The van der Waals surface area contributed by atoms with Crippen molar-refractivity contribution in [2.45, 2.75) is 6.54 Å². The lowest BCUT2D eigenvalue weighted by molar-refractivity contribution is -0.917. The minimum Gasteiger partial charge on any atom is -0.343 e. The van der Waals surface area contributed by atoms with Gasteiger partial charge in [0, 0.05) is 21.2 Å². The van der Waals surface area contributed by atoms with Gasteiger partial charge < -0.3 is 15.1 Å². The lowest BCUT2D eigenvalue weighted by Crippen LogP contribution is -3.13. The van der Waals surface area contributed by atoms with Crippen molar-refractivity contribution in [3.05, 3.63) is 69.7 Å². The van der Waals surface area contributed by atoms with Gasteiger partial charge in [0.15, 0.2) is 0 Å². The van der Waals surface area contributed by atoms with E-state index in [4.69, 9.17) is 23.2 Å². The van der Waals surface area contributed by atoms with E-state index >= 15 is 0 Å². The first-order valence-electron chi connectivity index (χ1n) is 8.91. The van der Waals surface area contributed by atoms with Crippen LogP contribution in [0, 0.1) is 0 Å². The van der Waals surface area contributed by atoms with Gasteiger partial charge in [0.05, 0.1) is 32.7 Å². The Labute approximate surface area is 168 Å². The van der Waals surface area contributed by atoms with Crippen LogP contribution >= 0.6 is 23.2 Å². The molecule has 1 fully saturated rings. The fraction of sp³-hybridized carbons (Fsp3) is 0.300. The number of halogens is 2. The molecule has 5 nitrogen and oxygen atoms in total. The van der Waals surface area contributed by atoms with Crippen LogP contribution in [0.2, 0.25) is 10.0 Å². The lowest BCUT2D eigenvalue weighted by Gasteiger charge is -2.32. The molecule has 0 atom stereocenters. The third-order valence-corrected chi connectivity index (χ3v) is 5.16. The highest BCUT2D eigenvalue weighted by molar-refractivity contribution is 6.30. The maximum absolute atomic E-state index is 12.4. The Balaban J connectivity index is 1.43. The lowest BCUT2D eigenvalue weighted by atomic mass is 10.2. The van der Waals surface area contributed by atoms with E-state index in [1.54, 1.807) is 24.3 Å². The number of carbonyl (C=O) groups excluding carboxylic acids is 2. The van der Waals surface area contributed by atoms with Crippen molar-refractivity contribution >= 4 is 35.0 Å². The predicted octanol–water partition coefficient (Wildman–Crippen LogP) is 1.65. The minimum atomic E-state index is -0.273. The van der Waals surface area contributed by atoms with Gasteiger partial charge in [-0.1, -0.05) is 35.3 Å². The highest BCUT2D eigenvalue weighted by Gasteiger charge is 2.24. The van der Waals surface area contributed by atoms with Crippen LogP contribution in [0.25, 0.3) is 0 Å². The summed E-state index contributed by atoms with van der Waals surface area (Å²) < 4.78 is 0. The zero-order chi connectivity index (χ0) is 19.2. The molecule has 0 bridgehead atoms. The van der Waals surface area contributed by atoms with Gasteiger partial charge in [0.25, 0.3) is 5.91 Å². The van der Waals surface area contributed by atoms with Gasteiger partial charge in [-0.05, 0) is 36.4 Å². The summed E-state index contributed by atoms with van der Waals surface area (Å²) in [5.74, 6) is -0.329. The number of amides is 2. The number of benzene rings is 2. The molecule has 0 unspecified atom stereocenters. The number of quaternary nitrogens is 1. The normalized spacial score (nSPS) is 14.8. The first-order chi connectivity index (χ1) is 13.0. The Hall–Kier alpha value is -2.08. The van der Waals surface area contributed by atoms with Crippen molar-refractivity contribution in [2.75, 3.05) is 32.7 Å². The van der Waals surface area contributed by atoms with Gasteiger partial charge in [-0.25, -0.2) is 0 Å². The first kappa shape index (κ1) is 19.7. The summed E-state index contributed by atoms with van der Waals surface area (Å²) in [6.45, 7) is 4.03. The van der Waals surface area contributed by atoms with Gasteiger partial charge in [-0.15, -0.1) is 0 Å². The quantitative estimate of drug-likeness (QED) is 0.792. The minimum absolute atomic E-state index is 0.00505. The standard InChI is InChI=1S/C20H21Cl2N3O2/c21-17-6-4-16(5-7-17)20(27)23-13-19(26)25-10-8-24(9-11-25)14-15-2-1-3-18(22)12-15/h1-7,12H,8-11,13-14H2,(H,23,27)/p+1. The zero-order valence-corrected chi connectivity index (χ0v) is 16.4. The Bertz CT molecular complexity index is 803. The molecule has 0 aromatic heterocycles. The first-order valence-corrected chi connectivity index (χ1v) is 9.66. The van der Waals surface area contributed by atoms with E-state index in [1.165, 1.54) is 10.5 Å². The molecule has 0 aliphatic carbocycles. The molecule has 1 heterocycles. The second-order valence-corrected chi connectivity index (χ2v) is 7.50. The number of piperazine rings is 1. The molecule has 2 aromatic carbocycles. The summed E-state index contributed by atoms with van der Waals surface area (Å²) >= 11 is 11.9. The maximum atomic E-state index is 12.4. The van der Waals surface area contributed by atoms with Crippen LogP contribution in [0.15, 0.2) is 48.5 Å². The van der Waals surface area contributed by atoms with Crippen molar-refractivity contribution < 1.29 is 14.5 Å². The molecule has 1 aliphatic heterocycles. The van der Waals surface area contributed by atoms with Gasteiger partial charge in [-0.2, -0.15) is 0 Å². The fourth-order valence-corrected chi connectivity index (χ4v) is 3.49. The molecule has 0 radical (unpaired) electrons. The molecular weight excluding hydrogens is 385 g/mol. The number of carbonyl (C=O) groups is 2. The van der Waals surface area contributed by atoms with E-state index in [1.807, 2.05) is 23.1 Å². The molecule has 0 spiro atoms. The molecule has 2 amide bonds. The van der Waals surface area contributed by atoms with Crippen molar-refractivity contribution in [1.82, 2.24) is 10.2 Å². The number of rotatable bonds is 5. The van der Waals surface area contributed by atoms with E-state index in [9.17, 15) is 9.59 Å². The molecule has 142 valence electrons. The molecule has 2 aromatic rings. The van der Waals surface area contributed by atoms with Crippen molar-refractivity contribution in [2.24, 2.45) is 0 Å². The average Bonchev–Trinajstić information content (AvgIpc) is 2.67. The van der Waals surface area contributed by atoms with Gasteiger partial charge >= 0.3 is 0 Å². The summed E-state index contributed by atoms with van der Waals surface area (Å²) in [5.41, 5.74) is 1.69. The highest BCUT2D eigenvalue weighted by atomic mass is 35.5. The van der Waals surface area contributed by atoms with E-state index < -0.39 is 0 Å². The van der Waals surface area contributed by atoms with Gasteiger partial charge in [0.2, 0.25) is 5.91 Å². The average molecular weight is 407 g/mol. The third kappa shape index (κ3) is 5.70. The van der Waals surface area contributed by atoms with Crippen LogP contribution < -0.4 is 10.2 Å². The van der Waals surface area contributed by atoms with Crippen LogP contribution in [0.4, 0.5) is 0 Å². The van der Waals surface area contributed by atoms with E-state index in [0.717, 1.165) is 24.7 Å². The third-order valence-electron chi connectivity index (χ3n) is 4.67. The summed E-state index contributed by atoms with van der Waals surface area (Å²) in [6.07, 6.45) is 0. The summed E-state index contributed by atoms with van der Waals surface area (Å²) in [7, 11) is 0. The SMILES string of the molecule is O=C(NCC(=O)N1CC[NH+](Cc2cccc(Cl)c2)CC1)c1ccc(Cl)cc1. The molecule has 1 aliphatic rings. The smallest absolute Gasteiger partial charge is 0.251 e. The van der Waals surface area contributed by atoms with Crippen LogP contribution in [0.5, 0.6) is 0 Å². The van der Waals surface area contributed by atoms with Crippen LogP contribution in [-0.4, -0.2) is 49.4 Å². The van der Waals surface area contributed by atoms with E-state index in [2.05, 4.69) is 11.4 Å². The highest BCUT2D eigenvalue weighted by Crippen LogP contribution is 2.10. The molecular formula is C20H22Cl2N3O2+. The van der Waals surface area contributed by atoms with Crippen LogP contribution in [-0.2, 0) is 11.3 Å². The number of hydrogen-bond acceptors (Lipinski definition) is 2. The van der Waals surface area contributed by atoms with E-state index in [-0.39, 0.29) is 18.4 Å². The van der Waals surface area contributed by atoms with E-state index in [0.29, 0.717) is 23.7 Å². The van der Waals surface area contributed by atoms with Crippen molar-refractivity contribution in [1.29, 1.82) is 0 Å². The molecule has 3 rings (SSSR count). The van der Waals surface area contributed by atoms with Crippen LogP contribution in [0.3, 0.4) is 0 Å². The number of nitrogens with zero attached hydrogens (tertiary/aromatic N) is 1. The largest absolute Gasteiger partial charge is 0.343 e. The number of nitrogens with one attached hydrogen (secondary N) is 2. The Kier molecular flexibility index (Phi) is 6.72. The topological polar surface area (TPSA) is 53.9 Å². The molecule has 1 saturated heterocycles. The zero-order valence-electron chi connectivity index (χ0n) is 14.9. The second-order valence-electron chi connectivity index (χ2n) is 6.63. The Morgan fingerprint density at radius 1 is 1.00 bits per heavy atom. The molecule has 27 heavy (non-hydrogen) atoms. The maximum Gasteiger partial charge on any atom is 0.251 e. The Morgan fingerprint density at radius 3 is 2.37 bits per heavy atom. The number of hydrogen-bond donors (Lipinski definition) is 2. The molecule has 7 heteroatoms. The fourth-order valence-electron chi connectivity index (χ4n) is 3.16. The summed E-state index contributed by atoms with van der Waals surface area (Å²) in [6, 6.07) is 14.5. The van der Waals surface area contributed by atoms with Gasteiger partial charge in [-0.3, -0.25) is 9.59 Å². The monoisotopic (exact) mass is 406 g/mol. The van der Waals surface area contributed by atoms with Crippen LogP contribution in [0.1, 0.15) is 15.9 Å². The second kappa shape index (κ2) is 9.22. The molecule has 0 saturated carbocycles. The summed E-state index contributed by atoms with van der Waals surface area (Å²) in [5, 5.41) is 4.00. The van der Waals surface area contributed by atoms with Crippen molar-refractivity contribution in [3.63, 3.8) is 0 Å². The van der Waals surface area contributed by atoms with Gasteiger partial charge in [0.1, 0.15) is 6.54 Å².